The second-order valence-corrected chi connectivity index (χ2v) is 5.25. The molecule has 2 nitrogen and oxygen atoms in total. The summed E-state index contributed by atoms with van der Waals surface area (Å²) in [5, 5.41) is 9.14. The fourth-order valence-electron chi connectivity index (χ4n) is 1.77. The lowest BCUT2D eigenvalue weighted by Crippen LogP contribution is -2.06. The normalized spacial score (nSPS) is 11.5. The third kappa shape index (κ3) is 4.22. The van der Waals surface area contributed by atoms with Crippen LogP contribution in [0.4, 0.5) is 13.2 Å². The summed E-state index contributed by atoms with van der Waals surface area (Å²) in [6.07, 6.45) is -4.36. The standard InChI is InChI=1S/C15H12BrF3O2/c16-14-5-4-13(7-11(14)8-20)21-9-10-2-1-3-12(6-10)15(17,18)19/h1-7,20H,8-9H2. The van der Waals surface area contributed by atoms with Gasteiger partial charge in [0.25, 0.3) is 0 Å². The van der Waals surface area contributed by atoms with Gasteiger partial charge in [0.15, 0.2) is 0 Å². The van der Waals surface area contributed by atoms with Gasteiger partial charge >= 0.3 is 6.18 Å². The Morgan fingerprint density at radius 2 is 1.86 bits per heavy atom. The van der Waals surface area contributed by atoms with Gasteiger partial charge in [0.2, 0.25) is 0 Å². The van der Waals surface area contributed by atoms with Crippen LogP contribution < -0.4 is 4.74 Å². The van der Waals surface area contributed by atoms with Crippen LogP contribution in [0.2, 0.25) is 0 Å². The molecule has 0 saturated carbocycles. The highest BCUT2D eigenvalue weighted by atomic mass is 79.9. The second kappa shape index (κ2) is 6.49. The maximum atomic E-state index is 12.6. The zero-order valence-electron chi connectivity index (χ0n) is 10.8. The van der Waals surface area contributed by atoms with Gasteiger partial charge in [-0.15, -0.1) is 0 Å². The SMILES string of the molecule is OCc1cc(OCc2cccc(C(F)(F)F)c2)ccc1Br. The molecule has 0 amide bonds. The molecule has 21 heavy (non-hydrogen) atoms. The number of hydrogen-bond donors (Lipinski definition) is 1. The van der Waals surface area contributed by atoms with Crippen LogP contribution in [0.15, 0.2) is 46.9 Å². The Morgan fingerprint density at radius 3 is 2.52 bits per heavy atom. The van der Waals surface area contributed by atoms with E-state index in [1.165, 1.54) is 6.07 Å². The van der Waals surface area contributed by atoms with Crippen LogP contribution in [0.25, 0.3) is 0 Å². The van der Waals surface area contributed by atoms with Crippen LogP contribution in [0.1, 0.15) is 16.7 Å². The van der Waals surface area contributed by atoms with Crippen LogP contribution in [-0.4, -0.2) is 5.11 Å². The van der Waals surface area contributed by atoms with Gasteiger partial charge < -0.3 is 9.84 Å². The largest absolute Gasteiger partial charge is 0.489 e. The first-order valence-corrected chi connectivity index (χ1v) is 6.87. The lowest BCUT2D eigenvalue weighted by molar-refractivity contribution is -0.137. The Morgan fingerprint density at radius 1 is 1.10 bits per heavy atom. The molecule has 6 heteroatoms. The van der Waals surface area contributed by atoms with Crippen LogP contribution >= 0.6 is 15.9 Å². The summed E-state index contributed by atoms with van der Waals surface area (Å²) < 4.78 is 44.0. The number of benzene rings is 2. The molecule has 1 N–H and O–H groups in total. The Balaban J connectivity index is 2.10. The molecule has 0 saturated heterocycles. The van der Waals surface area contributed by atoms with Crippen LogP contribution in [0, 0.1) is 0 Å². The first-order valence-electron chi connectivity index (χ1n) is 6.08. The first kappa shape index (κ1) is 15.9. The fraction of sp³-hybridized carbons (Fsp3) is 0.200. The summed E-state index contributed by atoms with van der Waals surface area (Å²) in [5.74, 6) is 0.486. The van der Waals surface area contributed by atoms with E-state index >= 15 is 0 Å². The van der Waals surface area contributed by atoms with Crippen molar-refractivity contribution < 1.29 is 23.0 Å². The fourth-order valence-corrected chi connectivity index (χ4v) is 2.14. The van der Waals surface area contributed by atoms with Crippen molar-refractivity contribution in [3.63, 3.8) is 0 Å². The monoisotopic (exact) mass is 360 g/mol. The minimum atomic E-state index is -4.36. The molecule has 0 aromatic heterocycles. The van der Waals surface area contributed by atoms with E-state index in [1.807, 2.05) is 0 Å². The maximum Gasteiger partial charge on any atom is 0.416 e. The van der Waals surface area contributed by atoms with Crippen molar-refractivity contribution in [1.82, 2.24) is 0 Å². The molecule has 0 aliphatic carbocycles. The highest BCUT2D eigenvalue weighted by Crippen LogP contribution is 2.30. The van der Waals surface area contributed by atoms with Gasteiger partial charge in [0.05, 0.1) is 12.2 Å². The molecule has 0 aliphatic rings. The summed E-state index contributed by atoms with van der Waals surface area (Å²) in [7, 11) is 0. The molecule has 0 fully saturated rings. The quantitative estimate of drug-likeness (QED) is 0.867. The van der Waals surface area contributed by atoms with E-state index in [4.69, 9.17) is 9.84 Å². The molecule has 0 heterocycles. The van der Waals surface area contributed by atoms with Gasteiger partial charge in [-0.25, -0.2) is 0 Å². The number of rotatable bonds is 4. The average molecular weight is 361 g/mol. The van der Waals surface area contributed by atoms with E-state index < -0.39 is 11.7 Å². The van der Waals surface area contributed by atoms with Crippen molar-refractivity contribution in [3.8, 4) is 5.75 Å². The van der Waals surface area contributed by atoms with E-state index in [0.717, 1.165) is 16.6 Å². The number of hydrogen-bond acceptors (Lipinski definition) is 2. The smallest absolute Gasteiger partial charge is 0.416 e. The van der Waals surface area contributed by atoms with Crippen LogP contribution in [0.3, 0.4) is 0 Å². The Bertz CT molecular complexity index is 627. The number of aliphatic hydroxyl groups excluding tert-OH is 1. The summed E-state index contributed by atoms with van der Waals surface area (Å²) >= 11 is 3.28. The molecule has 2 rings (SSSR count). The van der Waals surface area contributed by atoms with E-state index in [9.17, 15) is 13.2 Å². The maximum absolute atomic E-state index is 12.6. The third-order valence-electron chi connectivity index (χ3n) is 2.85. The third-order valence-corrected chi connectivity index (χ3v) is 3.62. The minimum Gasteiger partial charge on any atom is -0.489 e. The molecule has 2 aromatic rings. The molecule has 0 radical (unpaired) electrons. The van der Waals surface area contributed by atoms with Gasteiger partial charge in [-0.1, -0.05) is 28.1 Å². The molecule has 0 bridgehead atoms. The van der Waals surface area contributed by atoms with Gasteiger partial charge in [-0.2, -0.15) is 13.2 Å². The predicted molar refractivity (Wildman–Crippen MR) is 75.8 cm³/mol. The molecule has 112 valence electrons. The van der Waals surface area contributed by atoms with Gasteiger partial charge in [0.1, 0.15) is 12.4 Å². The summed E-state index contributed by atoms with van der Waals surface area (Å²) in [4.78, 5) is 0. The zero-order chi connectivity index (χ0) is 15.5. The molecule has 2 aromatic carbocycles. The van der Waals surface area contributed by atoms with Crippen molar-refractivity contribution in [3.05, 3.63) is 63.6 Å². The van der Waals surface area contributed by atoms with E-state index in [2.05, 4.69) is 15.9 Å². The lowest BCUT2D eigenvalue weighted by atomic mass is 10.1. The predicted octanol–water partition coefficient (Wildman–Crippen LogP) is 4.54. The number of halogens is 4. The molecule has 0 aliphatic heterocycles. The summed E-state index contributed by atoms with van der Waals surface area (Å²) in [6.45, 7) is -0.127. The highest BCUT2D eigenvalue weighted by Gasteiger charge is 2.30. The van der Waals surface area contributed by atoms with Crippen LogP contribution in [0.5, 0.6) is 5.75 Å². The van der Waals surface area contributed by atoms with Crippen molar-refractivity contribution in [1.29, 1.82) is 0 Å². The summed E-state index contributed by atoms with van der Waals surface area (Å²) in [6, 6.07) is 10.0. The van der Waals surface area contributed by atoms with E-state index in [1.54, 1.807) is 24.3 Å². The number of ether oxygens (including phenoxy) is 1. The van der Waals surface area contributed by atoms with E-state index in [-0.39, 0.29) is 13.2 Å². The Labute approximate surface area is 128 Å². The van der Waals surface area contributed by atoms with Crippen molar-refractivity contribution in [2.24, 2.45) is 0 Å². The van der Waals surface area contributed by atoms with Gasteiger partial charge in [-0.3, -0.25) is 0 Å². The van der Waals surface area contributed by atoms with Crippen molar-refractivity contribution in [2.45, 2.75) is 19.4 Å². The molecule has 0 unspecified atom stereocenters. The molecule has 0 atom stereocenters. The Hall–Kier alpha value is -1.53. The summed E-state index contributed by atoms with van der Waals surface area (Å²) in [5.41, 5.74) is 0.380. The molecular formula is C15H12BrF3O2. The second-order valence-electron chi connectivity index (χ2n) is 4.40. The van der Waals surface area contributed by atoms with Crippen LogP contribution in [-0.2, 0) is 19.4 Å². The van der Waals surface area contributed by atoms with E-state index in [0.29, 0.717) is 16.9 Å². The van der Waals surface area contributed by atoms with Gasteiger partial charge in [-0.05, 0) is 41.5 Å². The van der Waals surface area contributed by atoms with Crippen molar-refractivity contribution in [2.75, 3.05) is 0 Å². The molecular weight excluding hydrogens is 349 g/mol. The molecule has 0 spiro atoms. The number of aliphatic hydroxyl groups is 1. The average Bonchev–Trinajstić information content (AvgIpc) is 2.46. The van der Waals surface area contributed by atoms with Gasteiger partial charge in [0, 0.05) is 4.47 Å². The Kier molecular flexibility index (Phi) is 4.90. The minimum absolute atomic E-state index is 0.0242. The van der Waals surface area contributed by atoms with Crippen molar-refractivity contribution >= 4 is 15.9 Å². The zero-order valence-corrected chi connectivity index (χ0v) is 12.4. The number of alkyl halides is 3. The highest BCUT2D eigenvalue weighted by molar-refractivity contribution is 9.10. The topological polar surface area (TPSA) is 29.5 Å². The lowest BCUT2D eigenvalue weighted by Gasteiger charge is -2.11. The first-order chi connectivity index (χ1) is 9.90.